The number of urea groups is 1. The van der Waals surface area contributed by atoms with Gasteiger partial charge < -0.3 is 5.32 Å². The molecule has 0 bridgehead atoms. The fourth-order valence-corrected chi connectivity index (χ4v) is 5.43. The van der Waals surface area contributed by atoms with Gasteiger partial charge in [-0.3, -0.25) is 19.5 Å². The Morgan fingerprint density at radius 2 is 2.07 bits per heavy atom. The van der Waals surface area contributed by atoms with Crippen LogP contribution in [0.25, 0.3) is 10.2 Å². The van der Waals surface area contributed by atoms with Crippen molar-refractivity contribution in [3.8, 4) is 0 Å². The zero-order chi connectivity index (χ0) is 19.0. The molecule has 0 radical (unpaired) electrons. The maximum absolute atomic E-state index is 12.9. The molecular weight excluding hydrogens is 364 g/mol. The number of nitrogens with one attached hydrogen (secondary N) is 2. The molecule has 3 amide bonds. The standard InChI is InChI=1S/C19H24N4O3S/c1-11-6-7-13-14(8-11)27-17-16(13)18(25)23(10-20-17)9-15(24)22-19(26)21-12-4-2-3-5-12/h10-12H,2-9H2,1H3,(H2,21,22,24,26)/t11-/m1/s1. The molecule has 4 rings (SSSR count). The van der Waals surface area contributed by atoms with Crippen molar-refractivity contribution < 1.29 is 9.59 Å². The predicted octanol–water partition coefficient (Wildman–Crippen LogP) is 2.35. The monoisotopic (exact) mass is 388 g/mol. The number of thiophene rings is 1. The Hall–Kier alpha value is -2.22. The molecule has 1 saturated carbocycles. The molecule has 144 valence electrons. The third-order valence-electron chi connectivity index (χ3n) is 5.54. The normalized spacial score (nSPS) is 19.8. The number of rotatable bonds is 3. The number of amides is 3. The molecule has 2 aromatic heterocycles. The molecule has 2 aromatic rings. The number of aryl methyl sites for hydroxylation is 1. The van der Waals surface area contributed by atoms with Crippen molar-refractivity contribution in [2.45, 2.75) is 64.5 Å². The second kappa shape index (κ2) is 7.42. The van der Waals surface area contributed by atoms with Crippen molar-refractivity contribution in [2.24, 2.45) is 5.92 Å². The minimum Gasteiger partial charge on any atom is -0.335 e. The van der Waals surface area contributed by atoms with Crippen molar-refractivity contribution >= 4 is 33.5 Å². The van der Waals surface area contributed by atoms with E-state index in [0.717, 1.165) is 55.3 Å². The minimum atomic E-state index is -0.508. The van der Waals surface area contributed by atoms with Gasteiger partial charge in [-0.05, 0) is 43.6 Å². The lowest BCUT2D eigenvalue weighted by Gasteiger charge is -2.17. The fourth-order valence-electron chi connectivity index (χ4n) is 4.09. The summed E-state index contributed by atoms with van der Waals surface area (Å²) in [5, 5.41) is 5.77. The summed E-state index contributed by atoms with van der Waals surface area (Å²) in [5.41, 5.74) is 0.901. The highest BCUT2D eigenvalue weighted by Crippen LogP contribution is 2.35. The zero-order valence-electron chi connectivity index (χ0n) is 15.4. The van der Waals surface area contributed by atoms with E-state index in [1.807, 2.05) is 0 Å². The van der Waals surface area contributed by atoms with Crippen molar-refractivity contribution in [3.63, 3.8) is 0 Å². The van der Waals surface area contributed by atoms with Crippen LogP contribution in [0.1, 0.15) is 49.5 Å². The Morgan fingerprint density at radius 1 is 1.30 bits per heavy atom. The minimum absolute atomic E-state index is 0.137. The van der Waals surface area contributed by atoms with Crippen molar-refractivity contribution in [2.75, 3.05) is 0 Å². The molecule has 2 aliphatic rings. The zero-order valence-corrected chi connectivity index (χ0v) is 16.2. The highest BCUT2D eigenvalue weighted by molar-refractivity contribution is 7.18. The number of hydrogen-bond acceptors (Lipinski definition) is 5. The maximum atomic E-state index is 12.9. The molecular formula is C19H24N4O3S. The second-order valence-corrected chi connectivity index (χ2v) is 8.80. The molecule has 0 saturated heterocycles. The molecule has 27 heavy (non-hydrogen) atoms. The first-order chi connectivity index (χ1) is 13.0. The molecule has 1 atom stereocenters. The van der Waals surface area contributed by atoms with Gasteiger partial charge in [0.05, 0.1) is 11.7 Å². The van der Waals surface area contributed by atoms with Gasteiger partial charge in [0.25, 0.3) is 5.56 Å². The lowest BCUT2D eigenvalue weighted by atomic mass is 9.89. The third-order valence-corrected chi connectivity index (χ3v) is 6.70. The SMILES string of the molecule is C[C@@H]1CCc2c(sc3ncn(CC(=O)NC(=O)NC4CCCC4)c(=O)c23)C1. The largest absolute Gasteiger partial charge is 0.335 e. The lowest BCUT2D eigenvalue weighted by molar-refractivity contribution is -0.120. The van der Waals surface area contributed by atoms with Gasteiger partial charge in [-0.15, -0.1) is 11.3 Å². The number of hydrogen-bond donors (Lipinski definition) is 2. The van der Waals surface area contributed by atoms with E-state index in [2.05, 4.69) is 22.5 Å². The van der Waals surface area contributed by atoms with Crippen LogP contribution >= 0.6 is 11.3 Å². The quantitative estimate of drug-likeness (QED) is 0.844. The van der Waals surface area contributed by atoms with Crippen LogP contribution in [0.4, 0.5) is 4.79 Å². The van der Waals surface area contributed by atoms with Gasteiger partial charge in [-0.1, -0.05) is 19.8 Å². The summed E-state index contributed by atoms with van der Waals surface area (Å²) in [4.78, 5) is 43.4. The molecule has 2 heterocycles. The summed E-state index contributed by atoms with van der Waals surface area (Å²) < 4.78 is 1.30. The van der Waals surface area contributed by atoms with E-state index in [-0.39, 0.29) is 18.1 Å². The van der Waals surface area contributed by atoms with Crippen LogP contribution in [0.3, 0.4) is 0 Å². The Kier molecular flexibility index (Phi) is 4.99. The highest BCUT2D eigenvalue weighted by Gasteiger charge is 2.24. The number of aromatic nitrogens is 2. The summed E-state index contributed by atoms with van der Waals surface area (Å²) in [7, 11) is 0. The van der Waals surface area contributed by atoms with Crippen LogP contribution in [0, 0.1) is 5.92 Å². The average Bonchev–Trinajstić information content (AvgIpc) is 3.24. The predicted molar refractivity (Wildman–Crippen MR) is 104 cm³/mol. The first-order valence-electron chi connectivity index (χ1n) is 9.61. The van der Waals surface area contributed by atoms with E-state index >= 15 is 0 Å². The van der Waals surface area contributed by atoms with Gasteiger partial charge in [0.15, 0.2) is 0 Å². The van der Waals surface area contributed by atoms with Crippen LogP contribution in [-0.2, 0) is 24.2 Å². The number of nitrogens with zero attached hydrogens (tertiary/aromatic N) is 2. The Labute approximate surface area is 161 Å². The topological polar surface area (TPSA) is 93.1 Å². The van der Waals surface area contributed by atoms with Crippen LogP contribution < -0.4 is 16.2 Å². The van der Waals surface area contributed by atoms with Crippen molar-refractivity contribution in [3.05, 3.63) is 27.1 Å². The first kappa shape index (κ1) is 18.2. The first-order valence-corrected chi connectivity index (χ1v) is 10.4. The van der Waals surface area contributed by atoms with Crippen LogP contribution in [0.15, 0.2) is 11.1 Å². The van der Waals surface area contributed by atoms with E-state index in [0.29, 0.717) is 11.3 Å². The van der Waals surface area contributed by atoms with Crippen molar-refractivity contribution in [1.82, 2.24) is 20.2 Å². The fraction of sp³-hybridized carbons (Fsp3) is 0.579. The van der Waals surface area contributed by atoms with Gasteiger partial charge in [-0.25, -0.2) is 9.78 Å². The van der Waals surface area contributed by atoms with E-state index in [4.69, 9.17) is 0 Å². The summed E-state index contributed by atoms with van der Waals surface area (Å²) in [6.07, 6.45) is 8.44. The average molecular weight is 388 g/mol. The smallest absolute Gasteiger partial charge is 0.321 e. The Bertz CT molecular complexity index is 942. The third kappa shape index (κ3) is 3.76. The molecule has 2 aliphatic carbocycles. The Balaban J connectivity index is 1.48. The second-order valence-electron chi connectivity index (χ2n) is 7.71. The van der Waals surface area contributed by atoms with Gasteiger partial charge in [0.1, 0.15) is 11.4 Å². The molecule has 2 N–H and O–H groups in total. The van der Waals surface area contributed by atoms with Crippen LogP contribution in [-0.4, -0.2) is 27.5 Å². The van der Waals surface area contributed by atoms with E-state index in [1.54, 1.807) is 11.3 Å². The molecule has 0 spiro atoms. The molecule has 0 aliphatic heterocycles. The van der Waals surface area contributed by atoms with E-state index in [1.165, 1.54) is 15.8 Å². The van der Waals surface area contributed by atoms with Gasteiger partial charge >= 0.3 is 6.03 Å². The van der Waals surface area contributed by atoms with E-state index in [9.17, 15) is 14.4 Å². The summed E-state index contributed by atoms with van der Waals surface area (Å²) >= 11 is 1.58. The number of imide groups is 1. The van der Waals surface area contributed by atoms with Crippen LogP contribution in [0.2, 0.25) is 0 Å². The van der Waals surface area contributed by atoms with Gasteiger partial charge in [-0.2, -0.15) is 0 Å². The molecule has 0 aromatic carbocycles. The summed E-state index contributed by atoms with van der Waals surface area (Å²) in [6.45, 7) is 2.01. The summed E-state index contributed by atoms with van der Waals surface area (Å²) in [6, 6.07) is -0.353. The van der Waals surface area contributed by atoms with Crippen molar-refractivity contribution in [1.29, 1.82) is 0 Å². The molecule has 0 unspecified atom stereocenters. The Morgan fingerprint density at radius 3 is 2.85 bits per heavy atom. The molecule has 8 heteroatoms. The van der Waals surface area contributed by atoms with Crippen LogP contribution in [0.5, 0.6) is 0 Å². The molecule has 1 fully saturated rings. The number of fused-ring (bicyclic) bond motifs is 3. The maximum Gasteiger partial charge on any atom is 0.321 e. The van der Waals surface area contributed by atoms with Gasteiger partial charge in [0, 0.05) is 10.9 Å². The molecule has 7 nitrogen and oxygen atoms in total. The van der Waals surface area contributed by atoms with E-state index < -0.39 is 11.9 Å². The number of carbonyl (C=O) groups excluding carboxylic acids is 2. The van der Waals surface area contributed by atoms with Gasteiger partial charge in [0.2, 0.25) is 5.91 Å². The lowest BCUT2D eigenvalue weighted by Crippen LogP contribution is -2.45. The summed E-state index contributed by atoms with van der Waals surface area (Å²) in [5.74, 6) is 0.114. The number of carbonyl (C=O) groups is 2. The highest BCUT2D eigenvalue weighted by atomic mass is 32.1.